The molecule has 0 bridgehead atoms. The van der Waals surface area contributed by atoms with Crippen LogP contribution in [0.3, 0.4) is 0 Å². The summed E-state index contributed by atoms with van der Waals surface area (Å²) in [4.78, 5) is 20.7. The highest BCUT2D eigenvalue weighted by Gasteiger charge is 2.46. The smallest absolute Gasteiger partial charge is 0.241 e. The van der Waals surface area contributed by atoms with Crippen LogP contribution < -0.4 is 9.62 Å². The van der Waals surface area contributed by atoms with Crippen molar-refractivity contribution >= 4 is 21.6 Å². The lowest BCUT2D eigenvalue weighted by Gasteiger charge is -2.30. The van der Waals surface area contributed by atoms with Crippen LogP contribution in [-0.4, -0.2) is 23.9 Å². The molecule has 3 unspecified atom stereocenters. The molecule has 0 saturated heterocycles. The van der Waals surface area contributed by atoms with E-state index >= 15 is 0 Å². The van der Waals surface area contributed by atoms with Gasteiger partial charge in [0.25, 0.3) is 0 Å². The summed E-state index contributed by atoms with van der Waals surface area (Å²) in [6.07, 6.45) is 4.95. The zero-order chi connectivity index (χ0) is 31.0. The Kier molecular flexibility index (Phi) is 8.44. The number of aryl methyl sites for hydroxylation is 2. The van der Waals surface area contributed by atoms with Crippen molar-refractivity contribution in [2.24, 2.45) is 11.8 Å². The number of nitrogens with zero attached hydrogens (tertiary/aromatic N) is 3. The third-order valence-electron chi connectivity index (χ3n) is 8.78. The number of aromatic nitrogens is 2. The molecule has 1 N–H and O–H groups in total. The fourth-order valence-electron chi connectivity index (χ4n) is 6.40. The molecule has 0 radical (unpaired) electrons. The van der Waals surface area contributed by atoms with Gasteiger partial charge in [-0.15, -0.1) is 0 Å². The molecule has 9 heteroatoms. The third kappa shape index (κ3) is 6.35. The molecule has 3 aromatic carbocycles. The van der Waals surface area contributed by atoms with Gasteiger partial charge in [-0.05, 0) is 97.5 Å². The number of carbonyl (C=O) groups is 1. The highest BCUT2D eigenvalue weighted by molar-refractivity contribution is 7.89. The monoisotopic (exact) mass is 614 g/mol. The summed E-state index contributed by atoms with van der Waals surface area (Å²) in [5, 5.41) is 0. The van der Waals surface area contributed by atoms with Crippen molar-refractivity contribution in [3.63, 3.8) is 0 Å². The van der Waals surface area contributed by atoms with Crippen LogP contribution in [0, 0.1) is 24.6 Å². The lowest BCUT2D eigenvalue weighted by Crippen LogP contribution is -2.34. The fraction of sp³-hybridized carbons (Fsp3) is 0.371. The molecule has 2 aliphatic carbocycles. The quantitative estimate of drug-likeness (QED) is 0.216. The minimum atomic E-state index is -3.88. The minimum absolute atomic E-state index is 0.0217. The van der Waals surface area contributed by atoms with E-state index in [1.54, 1.807) is 0 Å². The van der Waals surface area contributed by atoms with E-state index in [1.165, 1.54) is 17.7 Å². The maximum Gasteiger partial charge on any atom is 0.241 e. The first-order chi connectivity index (χ1) is 21.1. The van der Waals surface area contributed by atoms with Gasteiger partial charge in [0.15, 0.2) is 0 Å². The van der Waals surface area contributed by atoms with Gasteiger partial charge in [0.2, 0.25) is 15.9 Å². The predicted octanol–water partition coefficient (Wildman–Crippen LogP) is 6.68. The van der Waals surface area contributed by atoms with Gasteiger partial charge in [0, 0.05) is 24.2 Å². The molecule has 7 nitrogen and oxygen atoms in total. The normalized spacial score (nSPS) is 19.5. The topological polar surface area (TPSA) is 84.3 Å². The number of amides is 1. The Morgan fingerprint density at radius 1 is 1.09 bits per heavy atom. The molecular formula is C35H39FN4O3S. The zero-order valence-electron chi connectivity index (χ0n) is 25.4. The number of rotatable bonds is 10. The van der Waals surface area contributed by atoms with E-state index in [0.717, 1.165) is 66.3 Å². The van der Waals surface area contributed by atoms with Gasteiger partial charge in [0.05, 0.1) is 23.3 Å². The van der Waals surface area contributed by atoms with Gasteiger partial charge in [-0.25, -0.2) is 22.5 Å². The first-order valence-corrected chi connectivity index (χ1v) is 16.9. The fourth-order valence-corrected chi connectivity index (χ4v) is 7.65. The van der Waals surface area contributed by atoms with E-state index in [2.05, 4.69) is 40.3 Å². The Bertz CT molecular complexity index is 1750. The summed E-state index contributed by atoms with van der Waals surface area (Å²) in [6.45, 7) is 7.49. The molecule has 3 atom stereocenters. The first kappa shape index (κ1) is 30.2. The van der Waals surface area contributed by atoms with Crippen LogP contribution in [0.25, 0.3) is 0 Å². The van der Waals surface area contributed by atoms with E-state index in [0.29, 0.717) is 18.9 Å². The Balaban J connectivity index is 1.34. The van der Waals surface area contributed by atoms with E-state index in [1.807, 2.05) is 54.4 Å². The number of benzene rings is 3. The summed E-state index contributed by atoms with van der Waals surface area (Å²) in [5.41, 5.74) is 4.82. The van der Waals surface area contributed by atoms with E-state index in [4.69, 9.17) is 0 Å². The van der Waals surface area contributed by atoms with Gasteiger partial charge < -0.3 is 9.47 Å². The molecule has 1 aromatic heterocycles. The number of hydrogen-bond donors (Lipinski definition) is 1. The molecule has 44 heavy (non-hydrogen) atoms. The lowest BCUT2D eigenvalue weighted by molar-refractivity contribution is -0.120. The third-order valence-corrected chi connectivity index (χ3v) is 10.3. The molecular weight excluding hydrogens is 575 g/mol. The van der Waals surface area contributed by atoms with Crippen molar-refractivity contribution in [1.29, 1.82) is 0 Å². The molecule has 230 valence electrons. The van der Waals surface area contributed by atoms with Crippen molar-refractivity contribution in [2.45, 2.75) is 76.4 Å². The number of anilines is 1. The Labute approximate surface area is 259 Å². The Hall–Kier alpha value is -3.82. The molecule has 4 aromatic rings. The van der Waals surface area contributed by atoms with Crippen LogP contribution >= 0.6 is 0 Å². The van der Waals surface area contributed by atoms with Crippen LogP contribution in [-0.2, 0) is 34.3 Å². The zero-order valence-corrected chi connectivity index (χ0v) is 26.2. The number of halogens is 1. The van der Waals surface area contributed by atoms with Crippen molar-refractivity contribution in [3.05, 3.63) is 113 Å². The number of imidazole rings is 1. The van der Waals surface area contributed by atoms with Crippen LogP contribution in [0.4, 0.5) is 10.1 Å². The van der Waals surface area contributed by atoms with E-state index < -0.39 is 21.9 Å². The van der Waals surface area contributed by atoms with Crippen LogP contribution in [0.5, 0.6) is 0 Å². The van der Waals surface area contributed by atoms with Crippen LogP contribution in [0.15, 0.2) is 83.9 Å². The lowest BCUT2D eigenvalue weighted by atomic mass is 9.87. The maximum absolute atomic E-state index is 14.3. The molecule has 0 spiro atoms. The van der Waals surface area contributed by atoms with Crippen molar-refractivity contribution in [3.8, 4) is 0 Å². The largest absolute Gasteiger partial charge is 0.330 e. The number of sulfonamides is 1. The van der Waals surface area contributed by atoms with Gasteiger partial charge in [0.1, 0.15) is 11.6 Å². The van der Waals surface area contributed by atoms with Crippen molar-refractivity contribution < 1.29 is 17.6 Å². The van der Waals surface area contributed by atoms with Crippen molar-refractivity contribution in [2.75, 3.05) is 4.90 Å². The molecule has 6 rings (SSSR count). The molecule has 1 amide bonds. The number of hydrogen-bond acceptors (Lipinski definition) is 4. The van der Waals surface area contributed by atoms with Gasteiger partial charge in [-0.1, -0.05) is 50.2 Å². The Morgan fingerprint density at radius 2 is 1.84 bits per heavy atom. The van der Waals surface area contributed by atoms with Gasteiger partial charge in [-0.2, -0.15) is 0 Å². The molecule has 1 fully saturated rings. The molecule has 0 aliphatic heterocycles. The second-order valence-corrected chi connectivity index (χ2v) is 14.2. The first-order valence-electron chi connectivity index (χ1n) is 15.4. The summed E-state index contributed by atoms with van der Waals surface area (Å²) >= 11 is 0. The molecule has 2 aliphatic rings. The second kappa shape index (κ2) is 12.3. The number of fused-ring (bicyclic) bond motifs is 1. The summed E-state index contributed by atoms with van der Waals surface area (Å²) in [6, 6.07) is 20.6. The number of carbonyl (C=O) groups excluding carboxylic acids is 1. The van der Waals surface area contributed by atoms with Crippen molar-refractivity contribution in [1.82, 2.24) is 14.3 Å². The van der Waals surface area contributed by atoms with Gasteiger partial charge >= 0.3 is 0 Å². The summed E-state index contributed by atoms with van der Waals surface area (Å²) < 4.78 is 45.1. The highest BCUT2D eigenvalue weighted by Crippen LogP contribution is 2.49. The summed E-state index contributed by atoms with van der Waals surface area (Å²) in [7, 11) is -3.88. The molecule has 1 saturated carbocycles. The SMILES string of the molecule is Cc1ncc(CN(C(=O)C2CC2c2ccccc2)c2ccc3c(c2)C(NS(=O)(=O)c2ccc(F)cc2)CCC3)n1CC(C)C. The van der Waals surface area contributed by atoms with Gasteiger partial charge in [-0.3, -0.25) is 4.79 Å². The average molecular weight is 615 g/mol. The van der Waals surface area contributed by atoms with E-state index in [-0.39, 0.29) is 22.6 Å². The highest BCUT2D eigenvalue weighted by atomic mass is 32.2. The maximum atomic E-state index is 14.3. The second-order valence-electron chi connectivity index (χ2n) is 12.5. The average Bonchev–Trinajstić information content (AvgIpc) is 3.75. The van der Waals surface area contributed by atoms with Crippen LogP contribution in [0.1, 0.15) is 73.3 Å². The minimum Gasteiger partial charge on any atom is -0.330 e. The standard InChI is InChI=1S/C35H39FN4O3S/c1-23(2)21-39-24(3)37-20-29(39)22-40(35(41)33-19-31(33)25-8-5-4-6-9-25)28-15-12-26-10-7-11-34(32(26)18-28)38-44(42,43)30-16-13-27(36)14-17-30/h4-6,8-9,12-18,20,23,31,33-34,38H,7,10-11,19,21-22H2,1-3H3. The predicted molar refractivity (Wildman–Crippen MR) is 169 cm³/mol. The Morgan fingerprint density at radius 3 is 2.57 bits per heavy atom. The summed E-state index contributed by atoms with van der Waals surface area (Å²) in [5.74, 6) is 0.959. The van der Waals surface area contributed by atoms with E-state index in [9.17, 15) is 17.6 Å². The number of nitrogens with one attached hydrogen (secondary N) is 1. The molecule has 1 heterocycles. The van der Waals surface area contributed by atoms with Crippen LogP contribution in [0.2, 0.25) is 0 Å².